The molecule has 1 unspecified atom stereocenters. The van der Waals surface area contributed by atoms with E-state index in [1.165, 1.54) is 12.8 Å². The molecule has 3 aliphatic heterocycles. The molecule has 1 amide bonds. The standard InChI is InChI=1S/C19H31N5O2/c1-15-20-21-18(26-15)14-22-11-6-17(7-12-22)24-10-4-5-16(13-24)19(25)23-8-2-3-9-23/h16-17H,2-14H2,1H3. The molecule has 26 heavy (non-hydrogen) atoms. The summed E-state index contributed by atoms with van der Waals surface area (Å²) in [5.41, 5.74) is 0. The molecule has 0 spiro atoms. The van der Waals surface area contributed by atoms with E-state index in [0.717, 1.165) is 77.4 Å². The molecule has 144 valence electrons. The molecule has 3 aliphatic rings. The number of piperidine rings is 2. The maximum absolute atomic E-state index is 12.8. The van der Waals surface area contributed by atoms with Gasteiger partial charge in [0.25, 0.3) is 0 Å². The lowest BCUT2D eigenvalue weighted by molar-refractivity contribution is -0.136. The third-order valence-electron chi connectivity index (χ3n) is 6.22. The highest BCUT2D eigenvalue weighted by Gasteiger charge is 2.34. The van der Waals surface area contributed by atoms with Crippen molar-refractivity contribution in [3.05, 3.63) is 11.8 Å². The molecule has 7 heteroatoms. The summed E-state index contributed by atoms with van der Waals surface area (Å²) in [7, 11) is 0. The fraction of sp³-hybridized carbons (Fsp3) is 0.842. The number of aryl methyl sites for hydroxylation is 1. The number of hydrogen-bond acceptors (Lipinski definition) is 6. The van der Waals surface area contributed by atoms with Crippen molar-refractivity contribution in [2.75, 3.05) is 39.3 Å². The Hall–Kier alpha value is -1.47. The highest BCUT2D eigenvalue weighted by Crippen LogP contribution is 2.26. The molecule has 4 heterocycles. The summed E-state index contributed by atoms with van der Waals surface area (Å²) in [5, 5.41) is 8.02. The SMILES string of the molecule is Cc1nnc(CN2CCC(N3CCCC(C(=O)N4CCCC4)C3)CC2)o1. The molecule has 1 aromatic heterocycles. The van der Waals surface area contributed by atoms with Gasteiger partial charge in [-0.25, -0.2) is 0 Å². The van der Waals surface area contributed by atoms with Gasteiger partial charge in [0, 0.05) is 45.7 Å². The maximum Gasteiger partial charge on any atom is 0.230 e. The largest absolute Gasteiger partial charge is 0.424 e. The predicted molar refractivity (Wildman–Crippen MR) is 97.4 cm³/mol. The molecular weight excluding hydrogens is 330 g/mol. The fourth-order valence-corrected chi connectivity index (χ4v) is 4.77. The minimum absolute atomic E-state index is 0.223. The van der Waals surface area contributed by atoms with Crippen LogP contribution in [0.25, 0.3) is 0 Å². The van der Waals surface area contributed by atoms with Crippen molar-refractivity contribution < 1.29 is 9.21 Å². The van der Waals surface area contributed by atoms with Crippen LogP contribution in [-0.4, -0.2) is 76.1 Å². The molecule has 0 bridgehead atoms. The fourth-order valence-electron chi connectivity index (χ4n) is 4.77. The first-order chi connectivity index (χ1) is 12.7. The minimum Gasteiger partial charge on any atom is -0.424 e. The average molecular weight is 361 g/mol. The van der Waals surface area contributed by atoms with E-state index in [4.69, 9.17) is 4.42 Å². The molecule has 3 fully saturated rings. The number of carbonyl (C=O) groups is 1. The van der Waals surface area contributed by atoms with E-state index >= 15 is 0 Å². The predicted octanol–water partition coefficient (Wildman–Crippen LogP) is 1.68. The average Bonchev–Trinajstić information content (AvgIpc) is 3.34. The summed E-state index contributed by atoms with van der Waals surface area (Å²) < 4.78 is 5.50. The molecular formula is C19H31N5O2. The van der Waals surface area contributed by atoms with Crippen LogP contribution in [0.1, 0.15) is 50.3 Å². The van der Waals surface area contributed by atoms with Crippen LogP contribution >= 0.6 is 0 Å². The van der Waals surface area contributed by atoms with Crippen LogP contribution in [0, 0.1) is 12.8 Å². The van der Waals surface area contributed by atoms with Gasteiger partial charge in [-0.2, -0.15) is 0 Å². The Morgan fingerprint density at radius 1 is 1.04 bits per heavy atom. The number of hydrogen-bond donors (Lipinski definition) is 0. The van der Waals surface area contributed by atoms with Gasteiger partial charge < -0.3 is 9.32 Å². The normalized spacial score (nSPS) is 26.5. The topological polar surface area (TPSA) is 65.7 Å². The number of amides is 1. The zero-order valence-electron chi connectivity index (χ0n) is 15.9. The summed E-state index contributed by atoms with van der Waals surface area (Å²) in [6.45, 7) is 8.77. The van der Waals surface area contributed by atoms with Gasteiger partial charge in [-0.3, -0.25) is 14.6 Å². The first-order valence-electron chi connectivity index (χ1n) is 10.2. The van der Waals surface area contributed by atoms with E-state index in [2.05, 4.69) is 24.9 Å². The summed E-state index contributed by atoms with van der Waals surface area (Å²) in [5.74, 6) is 1.99. The Balaban J connectivity index is 1.26. The van der Waals surface area contributed by atoms with Gasteiger partial charge in [-0.15, -0.1) is 10.2 Å². The number of likely N-dealkylation sites (tertiary alicyclic amines) is 3. The quantitative estimate of drug-likeness (QED) is 0.813. The summed E-state index contributed by atoms with van der Waals surface area (Å²) >= 11 is 0. The Labute approximate surface area is 155 Å². The summed E-state index contributed by atoms with van der Waals surface area (Å²) in [6.07, 6.45) is 6.92. The van der Waals surface area contributed by atoms with Gasteiger partial charge >= 0.3 is 0 Å². The molecule has 4 rings (SSSR count). The van der Waals surface area contributed by atoms with Gasteiger partial charge in [0.05, 0.1) is 12.5 Å². The van der Waals surface area contributed by atoms with E-state index in [1.54, 1.807) is 0 Å². The van der Waals surface area contributed by atoms with E-state index in [1.807, 2.05) is 6.92 Å². The highest BCUT2D eigenvalue weighted by atomic mass is 16.4. The molecule has 0 radical (unpaired) electrons. The second-order valence-corrected chi connectivity index (χ2v) is 8.09. The number of carbonyl (C=O) groups excluding carboxylic acids is 1. The van der Waals surface area contributed by atoms with Gasteiger partial charge in [0.15, 0.2) is 0 Å². The second-order valence-electron chi connectivity index (χ2n) is 8.09. The van der Waals surface area contributed by atoms with Crippen LogP contribution in [0.4, 0.5) is 0 Å². The molecule has 0 aromatic carbocycles. The van der Waals surface area contributed by atoms with E-state index in [-0.39, 0.29) is 5.92 Å². The zero-order valence-corrected chi connectivity index (χ0v) is 15.9. The number of nitrogens with zero attached hydrogens (tertiary/aromatic N) is 5. The van der Waals surface area contributed by atoms with Crippen molar-refractivity contribution in [1.82, 2.24) is 24.9 Å². The Bertz CT molecular complexity index is 605. The second kappa shape index (κ2) is 8.05. The monoisotopic (exact) mass is 361 g/mol. The van der Waals surface area contributed by atoms with Crippen molar-refractivity contribution in [2.45, 2.75) is 58.0 Å². The Morgan fingerprint density at radius 3 is 2.50 bits per heavy atom. The maximum atomic E-state index is 12.8. The van der Waals surface area contributed by atoms with Crippen LogP contribution in [0.5, 0.6) is 0 Å². The van der Waals surface area contributed by atoms with E-state index in [9.17, 15) is 4.79 Å². The highest BCUT2D eigenvalue weighted by molar-refractivity contribution is 5.79. The Kier molecular flexibility index (Phi) is 5.55. The number of aromatic nitrogens is 2. The van der Waals surface area contributed by atoms with Crippen LogP contribution in [0.2, 0.25) is 0 Å². The van der Waals surface area contributed by atoms with Crippen molar-refractivity contribution in [3.8, 4) is 0 Å². The lowest BCUT2D eigenvalue weighted by Crippen LogP contribution is -2.51. The third-order valence-corrected chi connectivity index (χ3v) is 6.22. The molecule has 1 aromatic rings. The van der Waals surface area contributed by atoms with Crippen LogP contribution in [0.15, 0.2) is 4.42 Å². The summed E-state index contributed by atoms with van der Waals surface area (Å²) in [4.78, 5) is 19.9. The van der Waals surface area contributed by atoms with Crippen molar-refractivity contribution >= 4 is 5.91 Å². The molecule has 3 saturated heterocycles. The Morgan fingerprint density at radius 2 is 1.81 bits per heavy atom. The van der Waals surface area contributed by atoms with Gasteiger partial charge in [-0.05, 0) is 45.1 Å². The lowest BCUT2D eigenvalue weighted by Gasteiger charge is -2.42. The smallest absolute Gasteiger partial charge is 0.230 e. The first kappa shape index (κ1) is 17.9. The molecule has 1 atom stereocenters. The van der Waals surface area contributed by atoms with Gasteiger partial charge in [0.2, 0.25) is 17.7 Å². The molecule has 7 nitrogen and oxygen atoms in total. The van der Waals surface area contributed by atoms with E-state index < -0.39 is 0 Å². The third kappa shape index (κ3) is 4.09. The minimum atomic E-state index is 0.223. The number of rotatable bonds is 4. The van der Waals surface area contributed by atoms with Crippen molar-refractivity contribution in [3.63, 3.8) is 0 Å². The molecule has 0 saturated carbocycles. The molecule has 0 N–H and O–H groups in total. The summed E-state index contributed by atoms with van der Waals surface area (Å²) in [6, 6.07) is 0.616. The zero-order chi connectivity index (χ0) is 17.9. The van der Waals surface area contributed by atoms with Crippen molar-refractivity contribution in [2.24, 2.45) is 5.92 Å². The van der Waals surface area contributed by atoms with Crippen LogP contribution in [0.3, 0.4) is 0 Å². The van der Waals surface area contributed by atoms with Gasteiger partial charge in [0.1, 0.15) is 0 Å². The van der Waals surface area contributed by atoms with Crippen LogP contribution in [-0.2, 0) is 11.3 Å². The first-order valence-corrected chi connectivity index (χ1v) is 10.2. The van der Waals surface area contributed by atoms with E-state index in [0.29, 0.717) is 17.8 Å². The van der Waals surface area contributed by atoms with Crippen molar-refractivity contribution in [1.29, 1.82) is 0 Å². The van der Waals surface area contributed by atoms with Gasteiger partial charge in [-0.1, -0.05) is 0 Å². The lowest BCUT2D eigenvalue weighted by atomic mass is 9.93. The molecule has 0 aliphatic carbocycles. The van der Waals surface area contributed by atoms with Crippen LogP contribution < -0.4 is 0 Å².